The van der Waals surface area contributed by atoms with Gasteiger partial charge in [-0.1, -0.05) is 48.5 Å². The molecule has 32 heavy (non-hydrogen) atoms. The van der Waals surface area contributed by atoms with Crippen molar-refractivity contribution in [1.82, 2.24) is 25.4 Å². The van der Waals surface area contributed by atoms with Crippen molar-refractivity contribution in [3.8, 4) is 22.6 Å². The monoisotopic (exact) mass is 422 g/mol. The smallest absolute Gasteiger partial charge is 0.228 e. The summed E-state index contributed by atoms with van der Waals surface area (Å²) in [6.45, 7) is 1.89. The summed E-state index contributed by atoms with van der Waals surface area (Å²) in [6, 6.07) is 23.8. The number of benzene rings is 3. The molecule has 7 nitrogen and oxygen atoms in total. The molecule has 0 spiro atoms. The average Bonchev–Trinajstić information content (AvgIpc) is 3.49. The van der Waals surface area contributed by atoms with E-state index in [-0.39, 0.29) is 5.91 Å². The Kier molecular flexibility index (Phi) is 4.78. The molecule has 3 aromatic carbocycles. The SMILES string of the molecule is CC(Cc1cccc(-c2n[nH]c3ccc(-c4ncn[nH]4)cc23)c1)(C(N)=O)c1ccccc1. The topological polar surface area (TPSA) is 113 Å². The van der Waals surface area contributed by atoms with Gasteiger partial charge in [0.2, 0.25) is 5.91 Å². The Labute approximate surface area is 184 Å². The Hall–Kier alpha value is -4.26. The predicted octanol–water partition coefficient (Wildman–Crippen LogP) is 4.00. The zero-order chi connectivity index (χ0) is 22.1. The van der Waals surface area contributed by atoms with E-state index in [0.717, 1.165) is 38.9 Å². The molecule has 5 rings (SSSR count). The quantitative estimate of drug-likeness (QED) is 0.384. The Morgan fingerprint density at radius 3 is 2.56 bits per heavy atom. The van der Waals surface area contributed by atoms with Gasteiger partial charge >= 0.3 is 0 Å². The lowest BCUT2D eigenvalue weighted by Crippen LogP contribution is -2.40. The third-order valence-electron chi connectivity index (χ3n) is 5.96. The lowest BCUT2D eigenvalue weighted by molar-refractivity contribution is -0.123. The number of hydrogen-bond acceptors (Lipinski definition) is 4. The summed E-state index contributed by atoms with van der Waals surface area (Å²) in [4.78, 5) is 16.7. The van der Waals surface area contributed by atoms with Gasteiger partial charge in [0.25, 0.3) is 0 Å². The van der Waals surface area contributed by atoms with E-state index in [4.69, 9.17) is 5.73 Å². The first-order valence-corrected chi connectivity index (χ1v) is 10.3. The lowest BCUT2D eigenvalue weighted by Gasteiger charge is -2.27. The molecule has 0 fully saturated rings. The number of rotatable bonds is 6. The lowest BCUT2D eigenvalue weighted by atomic mass is 9.76. The van der Waals surface area contributed by atoms with Crippen LogP contribution in [0.4, 0.5) is 0 Å². The van der Waals surface area contributed by atoms with Crippen LogP contribution in [0.3, 0.4) is 0 Å². The van der Waals surface area contributed by atoms with Gasteiger partial charge in [-0.2, -0.15) is 10.2 Å². The molecule has 0 radical (unpaired) electrons. The highest BCUT2D eigenvalue weighted by molar-refractivity contribution is 5.95. The van der Waals surface area contributed by atoms with E-state index in [0.29, 0.717) is 12.2 Å². The van der Waals surface area contributed by atoms with Crippen molar-refractivity contribution < 1.29 is 4.79 Å². The molecule has 0 aliphatic rings. The van der Waals surface area contributed by atoms with E-state index in [2.05, 4.69) is 31.4 Å². The van der Waals surface area contributed by atoms with E-state index in [1.165, 1.54) is 6.33 Å². The second-order valence-corrected chi connectivity index (χ2v) is 8.11. The van der Waals surface area contributed by atoms with Gasteiger partial charge < -0.3 is 5.73 Å². The standard InChI is InChI=1S/C25H22N6O/c1-25(24(26)32,19-8-3-2-4-9-19)14-16-6-5-7-17(12-16)22-20-13-18(23-27-15-28-31-23)10-11-21(20)29-30-22/h2-13,15H,14H2,1H3,(H2,26,32)(H,29,30)(H,27,28,31). The Morgan fingerprint density at radius 2 is 1.81 bits per heavy atom. The molecule has 0 aliphatic heterocycles. The Morgan fingerprint density at radius 1 is 0.969 bits per heavy atom. The van der Waals surface area contributed by atoms with Gasteiger partial charge in [0.05, 0.1) is 16.6 Å². The number of nitrogens with two attached hydrogens (primary N) is 1. The maximum Gasteiger partial charge on any atom is 0.228 e. The van der Waals surface area contributed by atoms with E-state index in [9.17, 15) is 4.79 Å². The molecular formula is C25H22N6O. The normalized spacial score (nSPS) is 13.2. The molecule has 7 heteroatoms. The number of nitrogens with zero attached hydrogens (tertiary/aromatic N) is 3. The molecule has 2 heterocycles. The first-order valence-electron chi connectivity index (χ1n) is 10.3. The molecule has 0 bridgehead atoms. The minimum absolute atomic E-state index is 0.351. The first-order chi connectivity index (χ1) is 15.5. The molecule has 1 amide bonds. The highest BCUT2D eigenvalue weighted by Gasteiger charge is 2.33. The molecule has 0 saturated carbocycles. The van der Waals surface area contributed by atoms with Crippen LogP contribution in [0.15, 0.2) is 79.1 Å². The maximum absolute atomic E-state index is 12.5. The molecule has 0 saturated heterocycles. The van der Waals surface area contributed by atoms with Crippen molar-refractivity contribution >= 4 is 16.8 Å². The van der Waals surface area contributed by atoms with Crippen LogP contribution >= 0.6 is 0 Å². The maximum atomic E-state index is 12.5. The molecule has 0 aliphatic carbocycles. The molecule has 4 N–H and O–H groups in total. The van der Waals surface area contributed by atoms with Crippen LogP contribution < -0.4 is 5.73 Å². The molecule has 1 atom stereocenters. The minimum atomic E-state index is -0.813. The second kappa shape index (κ2) is 7.77. The van der Waals surface area contributed by atoms with Gasteiger partial charge in [0.1, 0.15) is 6.33 Å². The van der Waals surface area contributed by atoms with Crippen LogP contribution in [-0.4, -0.2) is 31.3 Å². The number of aromatic amines is 2. The van der Waals surface area contributed by atoms with Gasteiger partial charge in [0, 0.05) is 16.5 Å². The van der Waals surface area contributed by atoms with Gasteiger partial charge in [-0.3, -0.25) is 15.0 Å². The molecule has 1 unspecified atom stereocenters. The Bertz CT molecular complexity index is 1390. The highest BCUT2D eigenvalue weighted by Crippen LogP contribution is 2.32. The molecule has 5 aromatic rings. The van der Waals surface area contributed by atoms with E-state index < -0.39 is 5.41 Å². The van der Waals surface area contributed by atoms with Crippen LogP contribution in [0.2, 0.25) is 0 Å². The number of aromatic nitrogens is 5. The van der Waals surface area contributed by atoms with Gasteiger partial charge in [-0.25, -0.2) is 4.98 Å². The molecular weight excluding hydrogens is 400 g/mol. The van der Waals surface area contributed by atoms with Crippen LogP contribution in [0.1, 0.15) is 18.1 Å². The number of H-pyrrole nitrogens is 2. The number of amides is 1. The first kappa shape index (κ1) is 19.7. The summed E-state index contributed by atoms with van der Waals surface area (Å²) < 4.78 is 0. The fourth-order valence-corrected chi connectivity index (χ4v) is 4.10. The van der Waals surface area contributed by atoms with Gasteiger partial charge in [-0.05, 0) is 48.7 Å². The van der Waals surface area contributed by atoms with Crippen molar-refractivity contribution in [3.63, 3.8) is 0 Å². The van der Waals surface area contributed by atoms with Gasteiger partial charge in [0.15, 0.2) is 5.82 Å². The van der Waals surface area contributed by atoms with Crippen molar-refractivity contribution in [2.75, 3.05) is 0 Å². The van der Waals surface area contributed by atoms with Crippen molar-refractivity contribution in [1.29, 1.82) is 0 Å². The van der Waals surface area contributed by atoms with Crippen molar-refractivity contribution in [2.24, 2.45) is 5.73 Å². The zero-order valence-corrected chi connectivity index (χ0v) is 17.5. The zero-order valence-electron chi connectivity index (χ0n) is 17.5. The molecule has 158 valence electrons. The van der Waals surface area contributed by atoms with Crippen molar-refractivity contribution in [3.05, 3.63) is 90.3 Å². The summed E-state index contributed by atoms with van der Waals surface area (Å²) in [5.41, 5.74) is 10.6. The summed E-state index contributed by atoms with van der Waals surface area (Å²) in [7, 11) is 0. The highest BCUT2D eigenvalue weighted by atomic mass is 16.1. The fourth-order valence-electron chi connectivity index (χ4n) is 4.10. The van der Waals surface area contributed by atoms with Crippen LogP contribution in [0.5, 0.6) is 0 Å². The molecule has 2 aromatic heterocycles. The van der Waals surface area contributed by atoms with E-state index in [1.54, 1.807) is 0 Å². The Balaban J connectivity index is 1.54. The number of nitrogens with one attached hydrogen (secondary N) is 2. The third kappa shape index (κ3) is 3.43. The average molecular weight is 422 g/mol. The predicted molar refractivity (Wildman–Crippen MR) is 124 cm³/mol. The number of hydrogen-bond donors (Lipinski definition) is 3. The second-order valence-electron chi connectivity index (χ2n) is 8.11. The van der Waals surface area contributed by atoms with Crippen LogP contribution in [0.25, 0.3) is 33.5 Å². The van der Waals surface area contributed by atoms with Crippen LogP contribution in [-0.2, 0) is 16.6 Å². The summed E-state index contributed by atoms with van der Waals surface area (Å²) >= 11 is 0. The third-order valence-corrected chi connectivity index (χ3v) is 5.96. The summed E-state index contributed by atoms with van der Waals surface area (Å²) in [5.74, 6) is 0.351. The van der Waals surface area contributed by atoms with Crippen molar-refractivity contribution in [2.45, 2.75) is 18.8 Å². The number of carbonyl (C=O) groups is 1. The largest absolute Gasteiger partial charge is 0.369 e. The minimum Gasteiger partial charge on any atom is -0.369 e. The summed E-state index contributed by atoms with van der Waals surface area (Å²) in [5, 5.41) is 15.5. The van der Waals surface area contributed by atoms with E-state index >= 15 is 0 Å². The number of fused-ring (bicyclic) bond motifs is 1. The summed E-state index contributed by atoms with van der Waals surface area (Å²) in [6.07, 6.45) is 1.98. The van der Waals surface area contributed by atoms with Crippen LogP contribution in [0, 0.1) is 0 Å². The van der Waals surface area contributed by atoms with Gasteiger partial charge in [-0.15, -0.1) is 0 Å². The fraction of sp³-hybridized carbons (Fsp3) is 0.120. The number of primary amides is 1. The van der Waals surface area contributed by atoms with E-state index in [1.807, 2.05) is 73.7 Å². The number of carbonyl (C=O) groups excluding carboxylic acids is 1.